The molecule has 1 rings (SSSR count). The van der Waals surface area contributed by atoms with E-state index in [0.29, 0.717) is 5.15 Å². The highest BCUT2D eigenvalue weighted by Crippen LogP contribution is 2.20. The summed E-state index contributed by atoms with van der Waals surface area (Å²) in [6.07, 6.45) is 3.00. The molecule has 20 heavy (non-hydrogen) atoms. The first kappa shape index (κ1) is 17.2. The lowest BCUT2D eigenvalue weighted by Crippen LogP contribution is -2.25. The van der Waals surface area contributed by atoms with E-state index in [1.54, 1.807) is 0 Å². The van der Waals surface area contributed by atoms with Gasteiger partial charge in [-0.2, -0.15) is 0 Å². The van der Waals surface area contributed by atoms with Crippen molar-refractivity contribution in [2.24, 2.45) is 0 Å². The summed E-state index contributed by atoms with van der Waals surface area (Å²) >= 11 is 6.16. The number of anilines is 1. The Kier molecular flexibility index (Phi) is 7.85. The lowest BCUT2D eigenvalue weighted by Gasteiger charge is -2.18. The molecule has 0 saturated carbocycles. The molecule has 114 valence electrons. The average Bonchev–Trinajstić information content (AvgIpc) is 2.44. The molecule has 0 atom stereocenters. The molecule has 0 bridgehead atoms. The minimum Gasteiger partial charge on any atom is -0.370 e. The van der Waals surface area contributed by atoms with Crippen LogP contribution in [0.1, 0.15) is 45.0 Å². The smallest absolute Gasteiger partial charge is 0.137 e. The van der Waals surface area contributed by atoms with Gasteiger partial charge >= 0.3 is 0 Å². The SMILES string of the molecule is CCCc1nc(Cl)c(C)c(NCCCN(CC)CC)n1. The first-order chi connectivity index (χ1) is 9.62. The Morgan fingerprint density at radius 2 is 1.85 bits per heavy atom. The van der Waals surface area contributed by atoms with E-state index < -0.39 is 0 Å². The summed E-state index contributed by atoms with van der Waals surface area (Å²) < 4.78 is 0. The van der Waals surface area contributed by atoms with Crippen LogP contribution < -0.4 is 5.32 Å². The molecule has 0 radical (unpaired) electrons. The number of aromatic nitrogens is 2. The van der Waals surface area contributed by atoms with Gasteiger partial charge in [-0.05, 0) is 39.4 Å². The first-order valence-corrected chi connectivity index (χ1v) is 7.99. The van der Waals surface area contributed by atoms with E-state index in [4.69, 9.17) is 11.6 Å². The third-order valence-corrected chi connectivity index (χ3v) is 3.81. The largest absolute Gasteiger partial charge is 0.370 e. The lowest BCUT2D eigenvalue weighted by molar-refractivity contribution is 0.303. The molecule has 0 aliphatic rings. The monoisotopic (exact) mass is 298 g/mol. The Bertz CT molecular complexity index is 405. The van der Waals surface area contributed by atoms with E-state index in [1.165, 1.54) is 0 Å². The van der Waals surface area contributed by atoms with Crippen LogP contribution in [0.3, 0.4) is 0 Å². The Morgan fingerprint density at radius 1 is 1.15 bits per heavy atom. The van der Waals surface area contributed by atoms with Gasteiger partial charge in [0.1, 0.15) is 16.8 Å². The molecule has 0 fully saturated rings. The van der Waals surface area contributed by atoms with Gasteiger partial charge in [0, 0.05) is 18.5 Å². The third-order valence-electron chi connectivity index (χ3n) is 3.44. The van der Waals surface area contributed by atoms with Gasteiger partial charge in [0.15, 0.2) is 0 Å². The molecule has 1 N–H and O–H groups in total. The second-order valence-corrected chi connectivity index (χ2v) is 5.32. The van der Waals surface area contributed by atoms with E-state index in [1.807, 2.05) is 6.92 Å². The van der Waals surface area contributed by atoms with Crippen molar-refractivity contribution in [3.63, 3.8) is 0 Å². The lowest BCUT2D eigenvalue weighted by atomic mass is 10.3. The summed E-state index contributed by atoms with van der Waals surface area (Å²) in [5, 5.41) is 3.96. The van der Waals surface area contributed by atoms with E-state index in [9.17, 15) is 0 Å². The molecule has 0 aliphatic heterocycles. The van der Waals surface area contributed by atoms with Crippen LogP contribution in [0.25, 0.3) is 0 Å². The van der Waals surface area contributed by atoms with E-state index in [0.717, 1.165) is 62.6 Å². The van der Waals surface area contributed by atoms with Gasteiger partial charge in [0.25, 0.3) is 0 Å². The summed E-state index contributed by atoms with van der Waals surface area (Å²) in [5.41, 5.74) is 0.939. The average molecular weight is 299 g/mol. The molecular weight excluding hydrogens is 272 g/mol. The highest BCUT2D eigenvalue weighted by atomic mass is 35.5. The standard InChI is InChI=1S/C15H27ClN4/c1-5-9-13-18-14(16)12(4)15(19-13)17-10-8-11-20(6-2)7-3/h5-11H2,1-4H3,(H,17,18,19). The van der Waals surface area contributed by atoms with E-state index >= 15 is 0 Å². The van der Waals surface area contributed by atoms with Crippen molar-refractivity contribution < 1.29 is 0 Å². The zero-order chi connectivity index (χ0) is 15.0. The van der Waals surface area contributed by atoms with Crippen LogP contribution >= 0.6 is 11.6 Å². The van der Waals surface area contributed by atoms with Crippen LogP contribution in [0.4, 0.5) is 5.82 Å². The van der Waals surface area contributed by atoms with E-state index in [-0.39, 0.29) is 0 Å². The zero-order valence-electron chi connectivity index (χ0n) is 13.2. The molecule has 0 aromatic carbocycles. The Balaban J connectivity index is 2.54. The van der Waals surface area contributed by atoms with Crippen molar-refractivity contribution in [1.29, 1.82) is 0 Å². The van der Waals surface area contributed by atoms with Gasteiger partial charge < -0.3 is 10.2 Å². The van der Waals surface area contributed by atoms with Crippen LogP contribution in [0.5, 0.6) is 0 Å². The number of hydrogen-bond donors (Lipinski definition) is 1. The van der Waals surface area contributed by atoms with Gasteiger partial charge in [0.2, 0.25) is 0 Å². The van der Waals surface area contributed by atoms with Crippen LogP contribution in [-0.4, -0.2) is 41.0 Å². The quantitative estimate of drug-likeness (QED) is 0.559. The number of nitrogens with one attached hydrogen (secondary N) is 1. The number of nitrogens with zero attached hydrogens (tertiary/aromatic N) is 3. The van der Waals surface area contributed by atoms with Crippen LogP contribution in [0.2, 0.25) is 5.15 Å². The summed E-state index contributed by atoms with van der Waals surface area (Å²) in [6.45, 7) is 12.7. The zero-order valence-corrected chi connectivity index (χ0v) is 13.9. The van der Waals surface area contributed by atoms with E-state index in [2.05, 4.69) is 41.0 Å². The topological polar surface area (TPSA) is 41.1 Å². The fourth-order valence-corrected chi connectivity index (χ4v) is 2.28. The highest BCUT2D eigenvalue weighted by Gasteiger charge is 2.08. The van der Waals surface area contributed by atoms with Crippen molar-refractivity contribution >= 4 is 17.4 Å². The second-order valence-electron chi connectivity index (χ2n) is 4.96. The molecule has 0 amide bonds. The molecule has 0 spiro atoms. The maximum Gasteiger partial charge on any atom is 0.137 e. The molecule has 5 heteroatoms. The number of rotatable bonds is 9. The molecule has 1 heterocycles. The fourth-order valence-electron chi connectivity index (χ4n) is 2.09. The maximum absolute atomic E-state index is 6.16. The van der Waals surface area contributed by atoms with Crippen LogP contribution in [0, 0.1) is 6.92 Å². The first-order valence-electron chi connectivity index (χ1n) is 7.61. The maximum atomic E-state index is 6.16. The van der Waals surface area contributed by atoms with Crippen molar-refractivity contribution in [2.45, 2.75) is 47.0 Å². The Morgan fingerprint density at radius 3 is 2.45 bits per heavy atom. The van der Waals surface area contributed by atoms with Crippen molar-refractivity contribution in [3.05, 3.63) is 16.5 Å². The molecule has 1 aromatic rings. The van der Waals surface area contributed by atoms with Crippen molar-refractivity contribution in [1.82, 2.24) is 14.9 Å². The van der Waals surface area contributed by atoms with Gasteiger partial charge in [-0.3, -0.25) is 0 Å². The number of halogens is 1. The molecule has 0 aliphatic carbocycles. The third kappa shape index (κ3) is 5.25. The summed E-state index contributed by atoms with van der Waals surface area (Å²) in [5.74, 6) is 1.71. The number of hydrogen-bond acceptors (Lipinski definition) is 4. The Hall–Kier alpha value is -0.870. The van der Waals surface area contributed by atoms with Gasteiger partial charge in [-0.1, -0.05) is 32.4 Å². The minimum absolute atomic E-state index is 0.565. The highest BCUT2D eigenvalue weighted by molar-refractivity contribution is 6.30. The minimum atomic E-state index is 0.565. The predicted octanol–water partition coefficient (Wildman–Crippen LogP) is 3.53. The summed E-state index contributed by atoms with van der Waals surface area (Å²) in [4.78, 5) is 11.3. The molecule has 1 aromatic heterocycles. The summed E-state index contributed by atoms with van der Waals surface area (Å²) in [6, 6.07) is 0. The van der Waals surface area contributed by atoms with Gasteiger partial charge in [0.05, 0.1) is 0 Å². The fraction of sp³-hybridized carbons (Fsp3) is 0.733. The normalized spacial score (nSPS) is 11.1. The number of aryl methyl sites for hydroxylation is 1. The molecule has 0 saturated heterocycles. The molecular formula is C15H27ClN4. The van der Waals surface area contributed by atoms with Crippen LogP contribution in [-0.2, 0) is 6.42 Å². The summed E-state index contributed by atoms with van der Waals surface area (Å²) in [7, 11) is 0. The predicted molar refractivity (Wildman–Crippen MR) is 86.7 cm³/mol. The molecule has 0 unspecified atom stereocenters. The second kappa shape index (κ2) is 9.14. The van der Waals surface area contributed by atoms with Crippen LogP contribution in [0.15, 0.2) is 0 Å². The van der Waals surface area contributed by atoms with Gasteiger partial charge in [-0.15, -0.1) is 0 Å². The van der Waals surface area contributed by atoms with Crippen molar-refractivity contribution in [2.75, 3.05) is 31.5 Å². The van der Waals surface area contributed by atoms with Crippen molar-refractivity contribution in [3.8, 4) is 0 Å². The Labute approximate surface area is 127 Å². The molecule has 4 nitrogen and oxygen atoms in total. The van der Waals surface area contributed by atoms with Gasteiger partial charge in [-0.25, -0.2) is 9.97 Å².